The molecule has 0 saturated carbocycles. The number of aryl methyl sites for hydroxylation is 2. The van der Waals surface area contributed by atoms with E-state index < -0.39 is 15.6 Å². The van der Waals surface area contributed by atoms with Crippen LogP contribution in [0.15, 0.2) is 76.7 Å². The van der Waals surface area contributed by atoms with E-state index in [1.54, 1.807) is 48.5 Å². The Morgan fingerprint density at radius 3 is 2.12 bits per heavy atom. The molecule has 0 unspecified atom stereocenters. The molecule has 0 N–H and O–H groups in total. The smallest absolute Gasteiger partial charge is 0.208 e. The van der Waals surface area contributed by atoms with Gasteiger partial charge in [0.2, 0.25) is 9.84 Å². The first kappa shape index (κ1) is 23.4. The standard InChI is InChI=1S/C27H25NO5S/c1-5-18-8-10-19(11-9-18)26(29)22-16-28-23-15-25(33-4)24(32-3)14-21(23)27(22)34(30,31)20-12-6-17(2)7-13-20/h6-16H,5H2,1-4H3. The van der Waals surface area contributed by atoms with Gasteiger partial charge in [0.05, 0.1) is 35.1 Å². The van der Waals surface area contributed by atoms with Crippen LogP contribution in [0.5, 0.6) is 11.5 Å². The second kappa shape index (κ2) is 9.27. The summed E-state index contributed by atoms with van der Waals surface area (Å²) in [5, 5.41) is 0.286. The molecule has 174 valence electrons. The number of carbonyl (C=O) groups excluding carboxylic acids is 1. The van der Waals surface area contributed by atoms with Crippen molar-refractivity contribution in [1.82, 2.24) is 4.98 Å². The molecule has 3 aromatic carbocycles. The summed E-state index contributed by atoms with van der Waals surface area (Å²) in [6.07, 6.45) is 2.16. The van der Waals surface area contributed by atoms with Crippen molar-refractivity contribution in [3.63, 3.8) is 0 Å². The highest BCUT2D eigenvalue weighted by Crippen LogP contribution is 2.38. The van der Waals surface area contributed by atoms with Gasteiger partial charge in [-0.3, -0.25) is 9.78 Å². The molecule has 6 nitrogen and oxygen atoms in total. The molecule has 4 aromatic rings. The van der Waals surface area contributed by atoms with E-state index >= 15 is 0 Å². The molecule has 1 heterocycles. The molecule has 0 amide bonds. The van der Waals surface area contributed by atoms with E-state index in [9.17, 15) is 13.2 Å². The zero-order chi connectivity index (χ0) is 24.5. The Morgan fingerprint density at radius 1 is 0.912 bits per heavy atom. The molecular formula is C27H25NO5S. The van der Waals surface area contributed by atoms with Crippen molar-refractivity contribution in [2.45, 2.75) is 30.1 Å². The van der Waals surface area contributed by atoms with Crippen LogP contribution >= 0.6 is 0 Å². The van der Waals surface area contributed by atoms with E-state index in [2.05, 4.69) is 4.98 Å². The Kier molecular flexibility index (Phi) is 6.39. The highest BCUT2D eigenvalue weighted by atomic mass is 32.2. The van der Waals surface area contributed by atoms with Gasteiger partial charge < -0.3 is 9.47 Å². The molecule has 0 bridgehead atoms. The minimum atomic E-state index is -4.08. The van der Waals surface area contributed by atoms with Crippen molar-refractivity contribution in [2.24, 2.45) is 0 Å². The van der Waals surface area contributed by atoms with Gasteiger partial charge >= 0.3 is 0 Å². The van der Waals surface area contributed by atoms with Crippen LogP contribution in [-0.2, 0) is 16.3 Å². The van der Waals surface area contributed by atoms with E-state index in [-0.39, 0.29) is 20.7 Å². The second-order valence-electron chi connectivity index (χ2n) is 7.92. The molecule has 4 rings (SSSR count). The summed E-state index contributed by atoms with van der Waals surface area (Å²) >= 11 is 0. The average Bonchev–Trinajstić information content (AvgIpc) is 2.86. The third-order valence-corrected chi connectivity index (χ3v) is 7.66. The number of carbonyl (C=O) groups is 1. The number of pyridine rings is 1. The average molecular weight is 476 g/mol. The predicted octanol–water partition coefficient (Wildman–Crippen LogP) is 5.19. The first-order valence-electron chi connectivity index (χ1n) is 10.8. The highest BCUT2D eigenvalue weighted by molar-refractivity contribution is 7.91. The van der Waals surface area contributed by atoms with Gasteiger partial charge in [0, 0.05) is 23.2 Å². The summed E-state index contributed by atoms with van der Waals surface area (Å²) < 4.78 is 38.6. The lowest BCUT2D eigenvalue weighted by Gasteiger charge is -2.15. The zero-order valence-electron chi connectivity index (χ0n) is 19.5. The molecule has 34 heavy (non-hydrogen) atoms. The predicted molar refractivity (Wildman–Crippen MR) is 131 cm³/mol. The van der Waals surface area contributed by atoms with Crippen LogP contribution in [0, 0.1) is 6.92 Å². The maximum absolute atomic E-state index is 13.9. The number of hydrogen-bond donors (Lipinski definition) is 0. The van der Waals surface area contributed by atoms with Crippen molar-refractivity contribution in [3.8, 4) is 11.5 Å². The normalized spacial score (nSPS) is 11.4. The maximum atomic E-state index is 13.9. The fourth-order valence-corrected chi connectivity index (χ4v) is 5.45. The van der Waals surface area contributed by atoms with E-state index in [0.29, 0.717) is 22.6 Å². The Bertz CT molecular complexity index is 1470. The monoisotopic (exact) mass is 475 g/mol. The van der Waals surface area contributed by atoms with Gasteiger partial charge in [-0.15, -0.1) is 0 Å². The topological polar surface area (TPSA) is 82.6 Å². The molecule has 7 heteroatoms. The molecule has 0 aliphatic heterocycles. The van der Waals surface area contributed by atoms with Crippen LogP contribution in [0.2, 0.25) is 0 Å². The summed E-state index contributed by atoms with van der Waals surface area (Å²) in [7, 11) is -1.12. The third kappa shape index (κ3) is 4.15. The summed E-state index contributed by atoms with van der Waals surface area (Å²) in [4.78, 5) is 18.0. The van der Waals surface area contributed by atoms with Gasteiger partial charge in [0.25, 0.3) is 0 Å². The Labute approximate surface area is 199 Å². The molecule has 0 atom stereocenters. The number of ether oxygens (including phenoxy) is 2. The number of methoxy groups -OCH3 is 2. The quantitative estimate of drug-likeness (QED) is 0.342. The van der Waals surface area contributed by atoms with Crippen molar-refractivity contribution >= 4 is 26.5 Å². The van der Waals surface area contributed by atoms with Crippen LogP contribution in [0.25, 0.3) is 10.9 Å². The van der Waals surface area contributed by atoms with Crippen molar-refractivity contribution in [3.05, 3.63) is 89.1 Å². The van der Waals surface area contributed by atoms with Gasteiger partial charge in [0.15, 0.2) is 17.3 Å². The zero-order valence-corrected chi connectivity index (χ0v) is 20.3. The van der Waals surface area contributed by atoms with Gasteiger partial charge in [0.1, 0.15) is 0 Å². The van der Waals surface area contributed by atoms with Crippen molar-refractivity contribution < 1.29 is 22.7 Å². The fourth-order valence-electron chi connectivity index (χ4n) is 3.83. The largest absolute Gasteiger partial charge is 0.493 e. The number of benzene rings is 3. The van der Waals surface area contributed by atoms with E-state index in [1.165, 1.54) is 20.4 Å². The number of rotatable bonds is 7. The maximum Gasteiger partial charge on any atom is 0.208 e. The molecular weight excluding hydrogens is 450 g/mol. The first-order valence-corrected chi connectivity index (χ1v) is 12.3. The summed E-state index contributed by atoms with van der Waals surface area (Å²) in [5.41, 5.74) is 2.78. The van der Waals surface area contributed by atoms with Crippen LogP contribution in [-0.4, -0.2) is 33.4 Å². The first-order chi connectivity index (χ1) is 16.3. The molecule has 0 saturated heterocycles. The minimum Gasteiger partial charge on any atom is -0.493 e. The lowest BCUT2D eigenvalue weighted by molar-refractivity contribution is 0.103. The van der Waals surface area contributed by atoms with Crippen molar-refractivity contribution in [2.75, 3.05) is 14.2 Å². The lowest BCUT2D eigenvalue weighted by atomic mass is 10.0. The molecule has 0 aliphatic carbocycles. The summed E-state index contributed by atoms with van der Waals surface area (Å²) in [6.45, 7) is 3.91. The molecule has 0 radical (unpaired) electrons. The lowest BCUT2D eigenvalue weighted by Crippen LogP contribution is -2.13. The van der Waals surface area contributed by atoms with Gasteiger partial charge in [-0.1, -0.05) is 48.9 Å². The number of hydrogen-bond acceptors (Lipinski definition) is 6. The Morgan fingerprint density at radius 2 is 1.53 bits per heavy atom. The van der Waals surface area contributed by atoms with Crippen LogP contribution in [0.3, 0.4) is 0 Å². The molecule has 0 spiro atoms. The summed E-state index contributed by atoms with van der Waals surface area (Å²) in [6, 6.07) is 16.9. The SMILES string of the molecule is CCc1ccc(C(=O)c2cnc3cc(OC)c(OC)cc3c2S(=O)(=O)c2ccc(C)cc2)cc1. The summed E-state index contributed by atoms with van der Waals surface area (Å²) in [5.74, 6) is 0.335. The number of sulfone groups is 1. The molecule has 0 aliphatic rings. The highest BCUT2D eigenvalue weighted by Gasteiger charge is 2.29. The van der Waals surface area contributed by atoms with E-state index in [1.807, 2.05) is 26.0 Å². The van der Waals surface area contributed by atoms with E-state index in [0.717, 1.165) is 17.5 Å². The van der Waals surface area contributed by atoms with Gasteiger partial charge in [-0.25, -0.2) is 8.42 Å². The molecule has 1 aromatic heterocycles. The number of nitrogens with zero attached hydrogens (tertiary/aromatic N) is 1. The number of ketones is 1. The van der Waals surface area contributed by atoms with E-state index in [4.69, 9.17) is 9.47 Å². The third-order valence-electron chi connectivity index (χ3n) is 5.79. The van der Waals surface area contributed by atoms with Crippen molar-refractivity contribution in [1.29, 1.82) is 0 Å². The fraction of sp³-hybridized carbons (Fsp3) is 0.185. The number of aromatic nitrogens is 1. The minimum absolute atomic E-state index is 0.00421. The van der Waals surface area contributed by atoms with Crippen LogP contribution in [0.1, 0.15) is 34.0 Å². The van der Waals surface area contributed by atoms with Crippen LogP contribution < -0.4 is 9.47 Å². The molecule has 0 fully saturated rings. The Hall–Kier alpha value is -3.71. The van der Waals surface area contributed by atoms with Gasteiger partial charge in [-0.2, -0.15) is 0 Å². The Balaban J connectivity index is 2.03. The second-order valence-corrected chi connectivity index (χ2v) is 9.81. The van der Waals surface area contributed by atoms with Gasteiger partial charge in [-0.05, 0) is 37.1 Å². The number of fused-ring (bicyclic) bond motifs is 1. The van der Waals surface area contributed by atoms with Crippen LogP contribution in [0.4, 0.5) is 0 Å².